The van der Waals surface area contributed by atoms with Crippen molar-refractivity contribution in [1.29, 1.82) is 0 Å². The van der Waals surface area contributed by atoms with E-state index in [1.807, 2.05) is 0 Å². The van der Waals surface area contributed by atoms with E-state index in [0.717, 1.165) is 6.20 Å². The van der Waals surface area contributed by atoms with Crippen LogP contribution in [0.5, 0.6) is 0 Å². The predicted molar refractivity (Wildman–Crippen MR) is 45.6 cm³/mol. The maximum absolute atomic E-state index is 11.8. The third kappa shape index (κ3) is 2.97. The molecule has 0 aliphatic rings. The van der Waals surface area contributed by atoms with Gasteiger partial charge in [0.2, 0.25) is 0 Å². The first-order valence-electron chi connectivity index (χ1n) is 3.96. The van der Waals surface area contributed by atoms with Crippen molar-refractivity contribution in [3.8, 4) is 0 Å². The van der Waals surface area contributed by atoms with Crippen LogP contribution in [0.15, 0.2) is 15.8 Å². The van der Waals surface area contributed by atoms with Crippen molar-refractivity contribution in [1.82, 2.24) is 15.3 Å². The lowest BCUT2D eigenvalue weighted by Gasteiger charge is -2.06. The lowest BCUT2D eigenvalue weighted by Crippen LogP contribution is -2.38. The van der Waals surface area contributed by atoms with E-state index in [-0.39, 0.29) is 5.56 Å². The van der Waals surface area contributed by atoms with Gasteiger partial charge < -0.3 is 10.3 Å². The summed E-state index contributed by atoms with van der Waals surface area (Å²) >= 11 is 0. The number of carbonyl (C=O) groups excluding carboxylic acids is 1. The number of carbonyl (C=O) groups is 1. The van der Waals surface area contributed by atoms with Gasteiger partial charge in [0.1, 0.15) is 0 Å². The summed E-state index contributed by atoms with van der Waals surface area (Å²) in [6.07, 6.45) is -4.08. The van der Waals surface area contributed by atoms with E-state index < -0.39 is 29.9 Å². The molecule has 0 radical (unpaired) electrons. The molecule has 0 aromatic carbocycles. The summed E-state index contributed by atoms with van der Waals surface area (Å²) in [4.78, 5) is 35.8. The topological polar surface area (TPSA) is 94.8 Å². The summed E-state index contributed by atoms with van der Waals surface area (Å²) in [5, 5.41) is 1.49. The molecule has 1 heterocycles. The number of hydrogen-bond acceptors (Lipinski definition) is 3. The summed E-state index contributed by atoms with van der Waals surface area (Å²) < 4.78 is 35.3. The Hall–Kier alpha value is -2.06. The third-order valence-corrected chi connectivity index (χ3v) is 1.59. The minimum absolute atomic E-state index is 0.183. The molecule has 6 nitrogen and oxygen atoms in total. The largest absolute Gasteiger partial charge is 0.471 e. The number of rotatable bonds is 2. The summed E-state index contributed by atoms with van der Waals surface area (Å²) in [7, 11) is 0. The number of nitrogens with one attached hydrogen (secondary N) is 3. The highest BCUT2D eigenvalue weighted by atomic mass is 19.4. The van der Waals surface area contributed by atoms with Crippen molar-refractivity contribution in [3.05, 3.63) is 32.6 Å². The number of aromatic nitrogens is 2. The van der Waals surface area contributed by atoms with Crippen molar-refractivity contribution in [2.45, 2.75) is 12.7 Å². The fourth-order valence-corrected chi connectivity index (χ4v) is 0.845. The molecule has 0 aliphatic heterocycles. The molecular weight excluding hydrogens is 231 g/mol. The first-order chi connectivity index (χ1) is 7.30. The monoisotopic (exact) mass is 237 g/mol. The lowest BCUT2D eigenvalue weighted by molar-refractivity contribution is -0.173. The zero-order valence-corrected chi connectivity index (χ0v) is 7.64. The van der Waals surface area contributed by atoms with Crippen LogP contribution in [-0.2, 0) is 11.3 Å². The van der Waals surface area contributed by atoms with E-state index in [1.165, 1.54) is 5.32 Å². The second kappa shape index (κ2) is 4.21. The number of alkyl halides is 3. The average Bonchev–Trinajstić information content (AvgIpc) is 2.14. The molecule has 0 fully saturated rings. The Kier molecular flexibility index (Phi) is 3.16. The normalized spacial score (nSPS) is 11.2. The van der Waals surface area contributed by atoms with Crippen LogP contribution in [0.2, 0.25) is 0 Å². The van der Waals surface area contributed by atoms with Gasteiger partial charge in [-0.1, -0.05) is 0 Å². The lowest BCUT2D eigenvalue weighted by atomic mass is 10.3. The van der Waals surface area contributed by atoms with Crippen LogP contribution in [0.25, 0.3) is 0 Å². The Bertz CT molecular complexity index is 502. The fraction of sp³-hybridized carbons (Fsp3) is 0.286. The highest BCUT2D eigenvalue weighted by Gasteiger charge is 2.38. The van der Waals surface area contributed by atoms with E-state index >= 15 is 0 Å². The second-order valence-electron chi connectivity index (χ2n) is 2.78. The van der Waals surface area contributed by atoms with Crippen molar-refractivity contribution < 1.29 is 18.0 Å². The Balaban J connectivity index is 2.73. The fourth-order valence-electron chi connectivity index (χ4n) is 0.845. The first-order valence-corrected chi connectivity index (χ1v) is 3.96. The number of amides is 1. The summed E-state index contributed by atoms with van der Waals surface area (Å²) in [5.74, 6) is -2.15. The van der Waals surface area contributed by atoms with Gasteiger partial charge in [0, 0.05) is 12.7 Å². The molecule has 1 amide bonds. The molecule has 0 bridgehead atoms. The van der Waals surface area contributed by atoms with E-state index in [2.05, 4.69) is 4.98 Å². The van der Waals surface area contributed by atoms with Gasteiger partial charge in [-0.05, 0) is 0 Å². The molecule has 0 saturated heterocycles. The highest BCUT2D eigenvalue weighted by molar-refractivity contribution is 5.81. The zero-order valence-electron chi connectivity index (χ0n) is 7.64. The Labute approximate surface area is 85.5 Å². The van der Waals surface area contributed by atoms with Gasteiger partial charge in [0.25, 0.3) is 5.56 Å². The Morgan fingerprint density at radius 1 is 1.38 bits per heavy atom. The van der Waals surface area contributed by atoms with E-state index in [1.54, 1.807) is 4.98 Å². The van der Waals surface area contributed by atoms with Gasteiger partial charge >= 0.3 is 17.8 Å². The van der Waals surface area contributed by atoms with Crippen LogP contribution in [0.3, 0.4) is 0 Å². The minimum atomic E-state index is -5.01. The van der Waals surface area contributed by atoms with E-state index in [4.69, 9.17) is 0 Å². The molecule has 0 spiro atoms. The van der Waals surface area contributed by atoms with Crippen LogP contribution in [-0.4, -0.2) is 22.1 Å². The third-order valence-electron chi connectivity index (χ3n) is 1.59. The molecule has 16 heavy (non-hydrogen) atoms. The van der Waals surface area contributed by atoms with Gasteiger partial charge in [0.15, 0.2) is 0 Å². The van der Waals surface area contributed by atoms with Gasteiger partial charge in [-0.25, -0.2) is 4.79 Å². The first kappa shape index (κ1) is 12.0. The van der Waals surface area contributed by atoms with Crippen LogP contribution >= 0.6 is 0 Å². The molecule has 0 atom stereocenters. The van der Waals surface area contributed by atoms with Gasteiger partial charge in [-0.15, -0.1) is 0 Å². The van der Waals surface area contributed by atoms with Crippen molar-refractivity contribution >= 4 is 5.91 Å². The molecule has 0 unspecified atom stereocenters. The number of aromatic amines is 2. The zero-order chi connectivity index (χ0) is 12.3. The molecule has 0 aliphatic carbocycles. The van der Waals surface area contributed by atoms with Crippen LogP contribution in [0.4, 0.5) is 13.2 Å². The molecule has 1 rings (SSSR count). The highest BCUT2D eigenvalue weighted by Crippen LogP contribution is 2.13. The summed E-state index contributed by atoms with van der Waals surface area (Å²) in [6.45, 7) is -0.621. The molecule has 9 heteroatoms. The molecular formula is C7H6F3N3O3. The van der Waals surface area contributed by atoms with Gasteiger partial charge in [0.05, 0.1) is 5.56 Å². The maximum atomic E-state index is 11.8. The number of hydrogen-bond donors (Lipinski definition) is 3. The van der Waals surface area contributed by atoms with Crippen LogP contribution < -0.4 is 16.6 Å². The number of halogens is 3. The SMILES string of the molecule is O=C(NCc1c[nH]c(=O)[nH]c1=O)C(F)(F)F. The standard InChI is InChI=1S/C7H6F3N3O3/c8-7(9,10)5(15)11-1-3-2-12-6(16)13-4(3)14/h2H,1H2,(H,11,15)(H2,12,13,14,16). The molecule has 0 saturated carbocycles. The summed E-state index contributed by atoms with van der Waals surface area (Å²) in [6, 6.07) is 0. The second-order valence-corrected chi connectivity index (χ2v) is 2.78. The van der Waals surface area contributed by atoms with Crippen molar-refractivity contribution in [2.75, 3.05) is 0 Å². The molecule has 1 aromatic heterocycles. The average molecular weight is 237 g/mol. The predicted octanol–water partition coefficient (Wildman–Crippen LogP) is -0.758. The van der Waals surface area contributed by atoms with Crippen LogP contribution in [0, 0.1) is 0 Å². The minimum Gasteiger partial charge on any atom is -0.344 e. The molecule has 3 N–H and O–H groups in total. The maximum Gasteiger partial charge on any atom is 0.471 e. The van der Waals surface area contributed by atoms with Crippen molar-refractivity contribution in [3.63, 3.8) is 0 Å². The summed E-state index contributed by atoms with van der Waals surface area (Å²) in [5.41, 5.74) is -1.82. The quantitative estimate of drug-likeness (QED) is 0.631. The smallest absolute Gasteiger partial charge is 0.344 e. The van der Waals surface area contributed by atoms with Crippen LogP contribution in [0.1, 0.15) is 5.56 Å². The Morgan fingerprint density at radius 2 is 2.00 bits per heavy atom. The van der Waals surface area contributed by atoms with E-state index in [9.17, 15) is 27.6 Å². The van der Waals surface area contributed by atoms with E-state index in [0.29, 0.717) is 0 Å². The van der Waals surface area contributed by atoms with Gasteiger partial charge in [-0.2, -0.15) is 13.2 Å². The molecule has 1 aromatic rings. The van der Waals surface area contributed by atoms with Gasteiger partial charge in [-0.3, -0.25) is 14.6 Å². The van der Waals surface area contributed by atoms with Crippen molar-refractivity contribution in [2.24, 2.45) is 0 Å². The number of H-pyrrole nitrogens is 2. The Morgan fingerprint density at radius 3 is 2.50 bits per heavy atom. The molecule has 88 valence electrons.